The number of carboxylic acids is 2. The summed E-state index contributed by atoms with van der Waals surface area (Å²) in [5.41, 5.74) is -7.54. The van der Waals surface area contributed by atoms with Gasteiger partial charge in [0.2, 0.25) is 5.60 Å². The molecule has 15 heteroatoms. The van der Waals surface area contributed by atoms with E-state index in [2.05, 4.69) is 25.4 Å². The van der Waals surface area contributed by atoms with Crippen molar-refractivity contribution in [3.8, 4) is 0 Å². The molecule has 2 fully saturated rings. The van der Waals surface area contributed by atoms with E-state index in [9.17, 15) is 41.9 Å². The van der Waals surface area contributed by atoms with Crippen LogP contribution >= 0.6 is 15.9 Å². The van der Waals surface area contributed by atoms with Gasteiger partial charge in [0.25, 0.3) is 5.60 Å². The maximum Gasteiger partial charge on any atom is 0.439 e. The SMILES string of the molecule is CC(C)(CBr)C(=O)OC(C)(C(=O)OC(=O)C1(OC(=O)C2C(C(=O)O)C2C(=O)O)CC1)C(F)(F)F. The van der Waals surface area contributed by atoms with Gasteiger partial charge in [0.05, 0.1) is 23.2 Å². The highest BCUT2D eigenvalue weighted by Crippen LogP contribution is 2.50. The predicted molar refractivity (Wildman–Crippen MR) is 103 cm³/mol. The molecule has 0 spiro atoms. The van der Waals surface area contributed by atoms with Crippen LogP contribution in [0.1, 0.15) is 33.6 Å². The van der Waals surface area contributed by atoms with E-state index < -0.39 is 76.4 Å². The fourth-order valence-electron chi connectivity index (χ4n) is 2.81. The molecule has 0 aliphatic heterocycles. The van der Waals surface area contributed by atoms with Crippen molar-refractivity contribution in [1.82, 2.24) is 0 Å². The van der Waals surface area contributed by atoms with Gasteiger partial charge >= 0.3 is 42.0 Å². The second kappa shape index (κ2) is 8.82. The molecule has 0 radical (unpaired) electrons. The summed E-state index contributed by atoms with van der Waals surface area (Å²) in [6.45, 7) is 2.67. The number of hydrogen-bond donors (Lipinski definition) is 2. The molecule has 11 nitrogen and oxygen atoms in total. The highest BCUT2D eigenvalue weighted by molar-refractivity contribution is 9.09. The van der Waals surface area contributed by atoms with Crippen molar-refractivity contribution in [2.45, 2.75) is 51.0 Å². The Morgan fingerprint density at radius 3 is 1.74 bits per heavy atom. The third-order valence-corrected chi connectivity index (χ3v) is 6.94. The molecule has 0 saturated heterocycles. The molecule has 2 rings (SSSR count). The van der Waals surface area contributed by atoms with Crippen LogP contribution in [0.15, 0.2) is 0 Å². The predicted octanol–water partition coefficient (Wildman–Crippen LogP) is 1.45. The molecule has 2 saturated carbocycles. The molecule has 0 aromatic rings. The Morgan fingerprint density at radius 1 is 0.912 bits per heavy atom. The van der Waals surface area contributed by atoms with Crippen LogP contribution in [0.4, 0.5) is 13.2 Å². The van der Waals surface area contributed by atoms with Crippen molar-refractivity contribution < 1.29 is 66.4 Å². The minimum Gasteiger partial charge on any atom is -0.481 e. The van der Waals surface area contributed by atoms with Crippen LogP contribution in [0.25, 0.3) is 0 Å². The lowest BCUT2D eigenvalue weighted by molar-refractivity contribution is -0.267. The zero-order valence-electron chi connectivity index (χ0n) is 17.9. The van der Waals surface area contributed by atoms with Crippen LogP contribution in [0.5, 0.6) is 0 Å². The second-order valence-corrected chi connectivity index (χ2v) is 9.34. The number of ether oxygens (including phenoxy) is 3. The minimum absolute atomic E-state index is 0.115. The van der Waals surface area contributed by atoms with E-state index in [4.69, 9.17) is 14.9 Å². The van der Waals surface area contributed by atoms with E-state index in [1.807, 2.05) is 0 Å². The molecule has 0 heterocycles. The minimum atomic E-state index is -5.49. The quantitative estimate of drug-likeness (QED) is 0.181. The molecule has 2 aliphatic carbocycles. The number of aliphatic carboxylic acids is 2. The summed E-state index contributed by atoms with van der Waals surface area (Å²) in [6.07, 6.45) is -6.04. The van der Waals surface area contributed by atoms with Crippen LogP contribution in [0.2, 0.25) is 0 Å². The van der Waals surface area contributed by atoms with Gasteiger partial charge < -0.3 is 24.4 Å². The Morgan fingerprint density at radius 2 is 1.38 bits per heavy atom. The lowest BCUT2D eigenvalue weighted by atomic mass is 9.96. The Bertz CT molecular complexity index is 920. The first-order valence-corrected chi connectivity index (χ1v) is 10.8. The number of carbonyl (C=O) groups is 6. The number of carbonyl (C=O) groups excluding carboxylic acids is 4. The summed E-state index contributed by atoms with van der Waals surface area (Å²) in [4.78, 5) is 71.2. The van der Waals surface area contributed by atoms with Crippen molar-refractivity contribution in [1.29, 1.82) is 0 Å². The molecule has 2 N–H and O–H groups in total. The van der Waals surface area contributed by atoms with E-state index in [0.717, 1.165) is 0 Å². The van der Waals surface area contributed by atoms with Gasteiger partial charge in [-0.2, -0.15) is 13.2 Å². The van der Waals surface area contributed by atoms with Gasteiger partial charge in [-0.15, -0.1) is 0 Å². The summed E-state index contributed by atoms with van der Waals surface area (Å²) in [5, 5.41) is 17.9. The van der Waals surface area contributed by atoms with Gasteiger partial charge in [-0.25, -0.2) is 9.59 Å². The van der Waals surface area contributed by atoms with Gasteiger partial charge in [0.15, 0.2) is 0 Å². The third-order valence-electron chi connectivity index (χ3n) is 5.53. The van der Waals surface area contributed by atoms with E-state index in [1.165, 1.54) is 13.8 Å². The molecule has 190 valence electrons. The van der Waals surface area contributed by atoms with Crippen LogP contribution in [0.3, 0.4) is 0 Å². The number of halogens is 4. The normalized spacial score (nSPS) is 24.7. The topological polar surface area (TPSA) is 171 Å². The zero-order chi connectivity index (χ0) is 26.4. The van der Waals surface area contributed by atoms with Crippen LogP contribution in [-0.4, -0.2) is 68.7 Å². The van der Waals surface area contributed by atoms with E-state index in [1.54, 1.807) is 0 Å². The molecule has 34 heavy (non-hydrogen) atoms. The maximum absolute atomic E-state index is 13.6. The highest BCUT2D eigenvalue weighted by Gasteiger charge is 2.68. The molecule has 0 amide bonds. The summed E-state index contributed by atoms with van der Waals surface area (Å²) in [6, 6.07) is 0. The van der Waals surface area contributed by atoms with Gasteiger partial charge in [-0.1, -0.05) is 15.9 Å². The summed E-state index contributed by atoms with van der Waals surface area (Å²) < 4.78 is 54.4. The van der Waals surface area contributed by atoms with Crippen molar-refractivity contribution in [2.24, 2.45) is 23.2 Å². The number of rotatable bonds is 9. The van der Waals surface area contributed by atoms with Crippen LogP contribution < -0.4 is 0 Å². The first-order chi connectivity index (χ1) is 15.3. The molecular formula is C19H20BrF3O11. The number of hydrogen-bond acceptors (Lipinski definition) is 9. The molecule has 0 aromatic heterocycles. The standard InChI is InChI=1S/C19H20BrF3O11/c1-16(2,6-20)13(29)34-17(3,19(21,22)23)14(30)32-15(31)18(4-5-18)33-12(28)9-7(10(24)25)8(9)11(26)27/h7-9H,4-6H2,1-3H3,(H,24,25)(H,26,27). The van der Waals surface area contributed by atoms with Gasteiger partial charge in [-0.3, -0.25) is 19.2 Å². The van der Waals surface area contributed by atoms with Crippen molar-refractivity contribution in [3.63, 3.8) is 0 Å². The largest absolute Gasteiger partial charge is 0.481 e. The van der Waals surface area contributed by atoms with Crippen molar-refractivity contribution in [3.05, 3.63) is 0 Å². The third kappa shape index (κ3) is 5.03. The molecule has 3 atom stereocenters. The summed E-state index contributed by atoms with van der Waals surface area (Å²) in [5.74, 6) is -14.8. The first kappa shape index (κ1) is 27.5. The average molecular weight is 561 g/mol. The fourth-order valence-corrected chi connectivity index (χ4v) is 3.04. The number of alkyl halides is 4. The number of carboxylic acid groups (broad SMARTS) is 2. The Kier molecular flexibility index (Phi) is 7.14. The Hall–Kier alpha value is -2.71. The average Bonchev–Trinajstić information content (AvgIpc) is 3.60. The van der Waals surface area contributed by atoms with E-state index in [0.29, 0.717) is 0 Å². The summed E-state index contributed by atoms with van der Waals surface area (Å²) in [7, 11) is 0. The van der Waals surface area contributed by atoms with Gasteiger partial charge in [0, 0.05) is 18.2 Å². The van der Waals surface area contributed by atoms with Gasteiger partial charge in [-0.05, 0) is 20.8 Å². The molecule has 0 bridgehead atoms. The lowest BCUT2D eigenvalue weighted by Gasteiger charge is -2.32. The number of esters is 4. The maximum atomic E-state index is 13.6. The zero-order valence-corrected chi connectivity index (χ0v) is 19.5. The van der Waals surface area contributed by atoms with Crippen LogP contribution in [-0.2, 0) is 43.0 Å². The Balaban J connectivity index is 2.15. The second-order valence-electron chi connectivity index (χ2n) is 8.78. The molecule has 2 aliphatic rings. The fraction of sp³-hybridized carbons (Fsp3) is 0.684. The van der Waals surface area contributed by atoms with Crippen molar-refractivity contribution in [2.75, 3.05) is 5.33 Å². The molecule has 3 unspecified atom stereocenters. The molecular weight excluding hydrogens is 541 g/mol. The first-order valence-electron chi connectivity index (χ1n) is 9.66. The van der Waals surface area contributed by atoms with E-state index in [-0.39, 0.29) is 25.1 Å². The monoisotopic (exact) mass is 560 g/mol. The Labute approximate surface area is 198 Å². The van der Waals surface area contributed by atoms with Gasteiger partial charge in [0.1, 0.15) is 0 Å². The highest BCUT2D eigenvalue weighted by atomic mass is 79.9. The molecule has 0 aromatic carbocycles. The van der Waals surface area contributed by atoms with E-state index >= 15 is 0 Å². The van der Waals surface area contributed by atoms with Crippen molar-refractivity contribution >= 4 is 51.7 Å². The lowest BCUT2D eigenvalue weighted by Crippen LogP contribution is -2.56. The summed E-state index contributed by atoms with van der Waals surface area (Å²) >= 11 is 2.93. The van der Waals surface area contributed by atoms with Crippen LogP contribution in [0, 0.1) is 23.2 Å². The smallest absolute Gasteiger partial charge is 0.439 e.